The number of ether oxygens (including phenoxy) is 1. The van der Waals surface area contributed by atoms with Crippen LogP contribution < -0.4 is 10.4 Å². The van der Waals surface area contributed by atoms with Crippen LogP contribution in [-0.2, 0) is 18.3 Å². The van der Waals surface area contributed by atoms with Crippen LogP contribution in [0.4, 0.5) is 5.69 Å². The molecule has 0 bridgehead atoms. The highest BCUT2D eigenvalue weighted by atomic mass is 16.5. The first-order valence-electron chi connectivity index (χ1n) is 11.9. The summed E-state index contributed by atoms with van der Waals surface area (Å²) in [6, 6.07) is 21.3. The smallest absolute Gasteiger partial charge is 0.274 e. The number of carbonyl (C=O) groups excluding carboxylic acids is 1. The maximum Gasteiger partial charge on any atom is 0.274 e. The third kappa shape index (κ3) is 4.95. The Morgan fingerprint density at radius 1 is 1.08 bits per heavy atom. The van der Waals surface area contributed by atoms with E-state index in [0.717, 1.165) is 33.3 Å². The van der Waals surface area contributed by atoms with Crippen molar-refractivity contribution in [3.05, 3.63) is 84.1 Å². The van der Waals surface area contributed by atoms with Crippen molar-refractivity contribution < 1.29 is 19.8 Å². The zero-order chi connectivity index (χ0) is 25.1. The fourth-order valence-corrected chi connectivity index (χ4v) is 4.54. The van der Waals surface area contributed by atoms with Gasteiger partial charge >= 0.3 is 0 Å². The van der Waals surface area contributed by atoms with Crippen LogP contribution in [0.1, 0.15) is 15.9 Å². The van der Waals surface area contributed by atoms with Gasteiger partial charge in [0.05, 0.1) is 24.9 Å². The zero-order valence-electron chi connectivity index (χ0n) is 20.0. The SMILES string of the molecule is Cn1ncc2cc(-c3cccc(N(Cc4ccc(C(=O)NO)cc4)C(O)N4CCOCC4)c3)ccc21. The van der Waals surface area contributed by atoms with E-state index in [0.29, 0.717) is 38.4 Å². The number of carbonyl (C=O) groups is 1. The number of nitrogens with zero attached hydrogens (tertiary/aromatic N) is 4. The third-order valence-corrected chi connectivity index (χ3v) is 6.58. The van der Waals surface area contributed by atoms with Gasteiger partial charge in [0.25, 0.3) is 5.91 Å². The lowest BCUT2D eigenvalue weighted by molar-refractivity contribution is -0.0597. The van der Waals surface area contributed by atoms with Crippen LogP contribution in [0.15, 0.2) is 72.9 Å². The molecule has 3 aromatic carbocycles. The van der Waals surface area contributed by atoms with Crippen LogP contribution >= 0.6 is 0 Å². The monoisotopic (exact) mass is 487 g/mol. The predicted octanol–water partition coefficient (Wildman–Crippen LogP) is 2.97. The molecule has 9 nitrogen and oxygen atoms in total. The summed E-state index contributed by atoms with van der Waals surface area (Å²) >= 11 is 0. The first-order valence-corrected chi connectivity index (χ1v) is 11.9. The van der Waals surface area contributed by atoms with E-state index in [2.05, 4.69) is 35.4 Å². The molecule has 1 aromatic heterocycles. The molecular weight excluding hydrogens is 458 g/mol. The Kier molecular flexibility index (Phi) is 6.97. The summed E-state index contributed by atoms with van der Waals surface area (Å²) in [4.78, 5) is 15.6. The molecular formula is C27H29N5O4. The van der Waals surface area contributed by atoms with E-state index in [1.165, 1.54) is 0 Å². The van der Waals surface area contributed by atoms with E-state index in [1.54, 1.807) is 17.6 Å². The number of hydrogen-bond donors (Lipinski definition) is 3. The van der Waals surface area contributed by atoms with Gasteiger partial charge in [-0.05, 0) is 53.1 Å². The fourth-order valence-electron chi connectivity index (χ4n) is 4.54. The maximum absolute atomic E-state index is 11.7. The molecule has 2 heterocycles. The number of rotatable bonds is 7. The molecule has 9 heteroatoms. The molecule has 5 rings (SSSR count). The molecule has 1 atom stereocenters. The molecule has 1 fully saturated rings. The minimum atomic E-state index is -0.856. The van der Waals surface area contributed by atoms with E-state index < -0.39 is 12.3 Å². The number of amides is 1. The fraction of sp³-hybridized carbons (Fsp3) is 0.259. The van der Waals surface area contributed by atoms with E-state index in [1.807, 2.05) is 52.0 Å². The molecule has 36 heavy (non-hydrogen) atoms. The largest absolute Gasteiger partial charge is 0.379 e. The number of hydrogen-bond acceptors (Lipinski definition) is 7. The molecule has 1 unspecified atom stereocenters. The number of hydroxylamine groups is 1. The van der Waals surface area contributed by atoms with Crippen LogP contribution in [0, 0.1) is 0 Å². The van der Waals surface area contributed by atoms with Crippen LogP contribution in [0.5, 0.6) is 0 Å². The van der Waals surface area contributed by atoms with Crippen molar-refractivity contribution in [2.75, 3.05) is 31.2 Å². The Hall–Kier alpha value is -3.76. The second kappa shape index (κ2) is 10.5. The van der Waals surface area contributed by atoms with Crippen molar-refractivity contribution in [1.82, 2.24) is 20.2 Å². The highest BCUT2D eigenvalue weighted by Crippen LogP contribution is 2.30. The number of fused-ring (bicyclic) bond motifs is 1. The van der Waals surface area contributed by atoms with Gasteiger partial charge in [-0.3, -0.25) is 19.6 Å². The molecule has 0 aliphatic carbocycles. The number of benzene rings is 3. The molecule has 0 saturated carbocycles. The lowest BCUT2D eigenvalue weighted by Gasteiger charge is -2.39. The summed E-state index contributed by atoms with van der Waals surface area (Å²) in [5.41, 5.74) is 6.96. The summed E-state index contributed by atoms with van der Waals surface area (Å²) in [7, 11) is 1.93. The van der Waals surface area contributed by atoms with E-state index in [4.69, 9.17) is 9.94 Å². The van der Waals surface area contributed by atoms with Crippen molar-refractivity contribution in [2.45, 2.75) is 12.9 Å². The van der Waals surface area contributed by atoms with Gasteiger partial charge in [-0.2, -0.15) is 5.10 Å². The van der Waals surface area contributed by atoms with Crippen LogP contribution in [0.3, 0.4) is 0 Å². The highest BCUT2D eigenvalue weighted by Gasteiger charge is 2.26. The van der Waals surface area contributed by atoms with E-state index in [9.17, 15) is 9.90 Å². The maximum atomic E-state index is 11.7. The highest BCUT2D eigenvalue weighted by molar-refractivity contribution is 5.93. The Balaban J connectivity index is 1.47. The van der Waals surface area contributed by atoms with Crippen molar-refractivity contribution >= 4 is 22.5 Å². The van der Waals surface area contributed by atoms with Crippen LogP contribution in [-0.4, -0.2) is 63.6 Å². The molecule has 0 radical (unpaired) electrons. The van der Waals surface area contributed by atoms with Crippen molar-refractivity contribution in [2.24, 2.45) is 7.05 Å². The number of aromatic nitrogens is 2. The van der Waals surface area contributed by atoms with E-state index in [-0.39, 0.29) is 0 Å². The van der Waals surface area contributed by atoms with Crippen LogP contribution in [0.25, 0.3) is 22.0 Å². The second-order valence-corrected chi connectivity index (χ2v) is 8.85. The average Bonchev–Trinajstić information content (AvgIpc) is 3.31. The average molecular weight is 488 g/mol. The number of aryl methyl sites for hydroxylation is 1. The van der Waals surface area contributed by atoms with Gasteiger partial charge in [-0.1, -0.05) is 30.3 Å². The molecule has 3 N–H and O–H groups in total. The second-order valence-electron chi connectivity index (χ2n) is 8.85. The third-order valence-electron chi connectivity index (χ3n) is 6.58. The Labute approximate surface area is 209 Å². The first-order chi connectivity index (χ1) is 17.5. The topological polar surface area (TPSA) is 103 Å². The minimum absolute atomic E-state index is 0.356. The summed E-state index contributed by atoms with van der Waals surface area (Å²) in [6.07, 6.45) is 1.00. The lowest BCUT2D eigenvalue weighted by atomic mass is 10.0. The van der Waals surface area contributed by atoms with Crippen LogP contribution in [0.2, 0.25) is 0 Å². The van der Waals surface area contributed by atoms with Gasteiger partial charge in [0.1, 0.15) is 0 Å². The summed E-state index contributed by atoms with van der Waals surface area (Å²) in [6.45, 7) is 2.82. The molecule has 1 aliphatic rings. The number of anilines is 1. The summed E-state index contributed by atoms with van der Waals surface area (Å²) in [5.74, 6) is -0.565. The van der Waals surface area contributed by atoms with E-state index >= 15 is 0 Å². The van der Waals surface area contributed by atoms with Gasteiger partial charge in [0, 0.05) is 43.3 Å². The predicted molar refractivity (Wildman–Crippen MR) is 136 cm³/mol. The normalized spacial score (nSPS) is 15.1. The van der Waals surface area contributed by atoms with Crippen molar-refractivity contribution in [1.29, 1.82) is 0 Å². The standard InChI is InChI=1S/C27H29N5O4/c1-30-25-10-9-22(15-23(25)17-28-30)21-3-2-4-24(16-21)32(27(34)31-11-13-36-14-12-31)18-19-5-7-20(8-6-19)26(33)29-35/h2-10,15-17,27,34-35H,11-14,18H2,1H3,(H,29,33). The van der Waals surface area contributed by atoms with Gasteiger partial charge in [-0.15, -0.1) is 0 Å². The summed E-state index contributed by atoms with van der Waals surface area (Å²) < 4.78 is 7.33. The van der Waals surface area contributed by atoms with Gasteiger partial charge in [0.15, 0.2) is 6.35 Å². The van der Waals surface area contributed by atoms with Gasteiger partial charge in [0.2, 0.25) is 0 Å². The lowest BCUT2D eigenvalue weighted by Crippen LogP contribution is -2.52. The summed E-state index contributed by atoms with van der Waals surface area (Å²) in [5, 5.41) is 25.7. The molecule has 1 aliphatic heterocycles. The molecule has 1 saturated heterocycles. The molecule has 186 valence electrons. The Morgan fingerprint density at radius 3 is 2.58 bits per heavy atom. The van der Waals surface area contributed by atoms with Gasteiger partial charge in [-0.25, -0.2) is 5.48 Å². The number of morpholine rings is 1. The molecule has 1 amide bonds. The minimum Gasteiger partial charge on any atom is -0.379 e. The molecule has 0 spiro atoms. The Bertz CT molecular complexity index is 1350. The Morgan fingerprint density at radius 2 is 1.83 bits per heavy atom. The zero-order valence-corrected chi connectivity index (χ0v) is 20.0. The number of aliphatic hydroxyl groups is 1. The number of aliphatic hydroxyl groups excluding tert-OH is 1. The molecule has 4 aromatic rings. The van der Waals surface area contributed by atoms with Crippen molar-refractivity contribution in [3.8, 4) is 11.1 Å². The van der Waals surface area contributed by atoms with Gasteiger partial charge < -0.3 is 14.7 Å². The first kappa shape index (κ1) is 24.0. The van der Waals surface area contributed by atoms with Crippen molar-refractivity contribution in [3.63, 3.8) is 0 Å². The quantitative estimate of drug-likeness (QED) is 0.209. The number of nitrogens with one attached hydrogen (secondary N) is 1.